The Balaban J connectivity index is 3.37. The van der Waals surface area contributed by atoms with Crippen LogP contribution in [0.15, 0.2) is 0 Å². The van der Waals surface area contributed by atoms with Crippen molar-refractivity contribution in [1.82, 2.24) is 0 Å². The summed E-state index contributed by atoms with van der Waals surface area (Å²) in [6.45, 7) is 2.06. The highest BCUT2D eigenvalue weighted by Gasteiger charge is 2.07. The Kier molecular flexibility index (Phi) is 6.83. The molecule has 0 aliphatic rings. The maximum absolute atomic E-state index is 10.6. The topological polar surface area (TPSA) is 26.3 Å². The second kappa shape index (κ2) is 6.39. The van der Waals surface area contributed by atoms with Gasteiger partial charge in [-0.2, -0.15) is 0 Å². The van der Waals surface area contributed by atoms with Gasteiger partial charge in [0.1, 0.15) is 5.33 Å². The van der Waals surface area contributed by atoms with Gasteiger partial charge in [0.2, 0.25) is 0 Å². The van der Waals surface area contributed by atoms with Crippen molar-refractivity contribution in [2.24, 2.45) is 0 Å². The number of rotatable bonds is 4. The molecule has 0 fully saturated rings. The van der Waals surface area contributed by atoms with Crippen LogP contribution in [-0.2, 0) is 9.53 Å². The lowest BCUT2D eigenvalue weighted by Crippen LogP contribution is -2.12. The molecule has 0 aliphatic heterocycles. The molecule has 0 spiro atoms. The van der Waals surface area contributed by atoms with Crippen LogP contribution >= 0.6 is 38.5 Å². The second-order valence-corrected chi connectivity index (χ2v) is 3.77. The molecule has 0 aromatic carbocycles. The number of ether oxygens (including phenoxy) is 1. The summed E-state index contributed by atoms with van der Waals surface area (Å²) in [7, 11) is 0. The molecule has 0 bridgehead atoms. The SMILES string of the molecule is CCCC(I)OC(=O)CBr. The fraction of sp³-hybridized carbons (Fsp3) is 0.833. The summed E-state index contributed by atoms with van der Waals surface area (Å²) < 4.78 is 4.98. The number of hydrogen-bond donors (Lipinski definition) is 0. The van der Waals surface area contributed by atoms with E-state index in [1.807, 2.05) is 0 Å². The molecular formula is C6H10BrIO2. The van der Waals surface area contributed by atoms with Crippen LogP contribution in [0.2, 0.25) is 0 Å². The summed E-state index contributed by atoms with van der Waals surface area (Å²) in [5.74, 6) is -0.187. The predicted octanol–water partition coefficient (Wildman–Crippen LogP) is 2.49. The maximum atomic E-state index is 10.6. The molecule has 0 amide bonds. The highest BCUT2D eigenvalue weighted by molar-refractivity contribution is 14.1. The lowest BCUT2D eigenvalue weighted by atomic mass is 10.4. The van der Waals surface area contributed by atoms with Crippen LogP contribution in [-0.4, -0.2) is 15.4 Å². The zero-order valence-electron chi connectivity index (χ0n) is 5.77. The zero-order chi connectivity index (χ0) is 7.98. The normalized spacial score (nSPS) is 12.7. The van der Waals surface area contributed by atoms with Crippen molar-refractivity contribution in [1.29, 1.82) is 0 Å². The number of halogens is 2. The molecule has 1 atom stereocenters. The van der Waals surface area contributed by atoms with E-state index in [1.54, 1.807) is 0 Å². The molecule has 0 aromatic heterocycles. The van der Waals surface area contributed by atoms with E-state index in [4.69, 9.17) is 4.74 Å². The van der Waals surface area contributed by atoms with Gasteiger partial charge in [-0.3, -0.25) is 4.79 Å². The minimum Gasteiger partial charge on any atom is -0.451 e. The number of hydrogen-bond acceptors (Lipinski definition) is 2. The van der Waals surface area contributed by atoms with Crippen molar-refractivity contribution in [3.63, 3.8) is 0 Å². The number of carbonyl (C=O) groups excluding carboxylic acids is 1. The number of alkyl halides is 2. The minimum absolute atomic E-state index is 0.0349. The first-order valence-electron chi connectivity index (χ1n) is 3.10. The van der Waals surface area contributed by atoms with Crippen LogP contribution in [0.1, 0.15) is 19.8 Å². The maximum Gasteiger partial charge on any atom is 0.317 e. The molecule has 0 saturated carbocycles. The van der Waals surface area contributed by atoms with Crippen LogP contribution in [0.3, 0.4) is 0 Å². The Morgan fingerprint density at radius 3 is 2.80 bits per heavy atom. The monoisotopic (exact) mass is 320 g/mol. The summed E-state index contributed by atoms with van der Waals surface area (Å²) in [4.78, 5) is 10.6. The van der Waals surface area contributed by atoms with E-state index >= 15 is 0 Å². The van der Waals surface area contributed by atoms with Gasteiger partial charge in [0.05, 0.1) is 0 Å². The molecule has 0 N–H and O–H groups in total. The summed E-state index contributed by atoms with van der Waals surface area (Å²) >= 11 is 5.13. The van der Waals surface area contributed by atoms with Crippen LogP contribution < -0.4 is 0 Å². The Morgan fingerprint density at radius 2 is 2.40 bits per heavy atom. The quantitative estimate of drug-likeness (QED) is 0.452. The van der Waals surface area contributed by atoms with Crippen molar-refractivity contribution in [2.45, 2.75) is 23.9 Å². The molecule has 0 aliphatic carbocycles. The third-order valence-electron chi connectivity index (χ3n) is 0.884. The number of esters is 1. The van der Waals surface area contributed by atoms with Crippen LogP contribution in [0.4, 0.5) is 0 Å². The van der Waals surface area contributed by atoms with Crippen molar-refractivity contribution < 1.29 is 9.53 Å². The van der Waals surface area contributed by atoms with Gasteiger partial charge in [0, 0.05) is 0 Å². The molecule has 0 saturated heterocycles. The predicted molar refractivity (Wildman–Crippen MR) is 52.6 cm³/mol. The minimum atomic E-state index is -0.187. The molecule has 1 unspecified atom stereocenters. The average Bonchev–Trinajstić information content (AvgIpc) is 1.88. The molecule has 60 valence electrons. The molecule has 4 heteroatoms. The first-order valence-corrected chi connectivity index (χ1v) is 5.47. The van der Waals surface area contributed by atoms with E-state index in [0.29, 0.717) is 0 Å². The number of carbonyl (C=O) groups is 1. The largest absolute Gasteiger partial charge is 0.451 e. The first-order chi connectivity index (χ1) is 4.70. The molecule has 0 rings (SSSR count). The molecule has 2 nitrogen and oxygen atoms in total. The zero-order valence-corrected chi connectivity index (χ0v) is 9.51. The van der Waals surface area contributed by atoms with Crippen molar-refractivity contribution in [3.8, 4) is 0 Å². The summed E-state index contributed by atoms with van der Waals surface area (Å²) in [6, 6.07) is 0. The van der Waals surface area contributed by atoms with Gasteiger partial charge in [-0.05, 0) is 29.0 Å². The molecule has 0 heterocycles. The first kappa shape index (κ1) is 10.7. The van der Waals surface area contributed by atoms with Crippen LogP contribution in [0.25, 0.3) is 0 Å². The summed E-state index contributed by atoms with van der Waals surface area (Å²) in [5, 5.41) is 0.288. The van der Waals surface area contributed by atoms with Gasteiger partial charge in [0.25, 0.3) is 0 Å². The molecular weight excluding hydrogens is 311 g/mol. The lowest BCUT2D eigenvalue weighted by molar-refractivity contribution is -0.141. The van der Waals surface area contributed by atoms with E-state index in [-0.39, 0.29) is 15.4 Å². The smallest absolute Gasteiger partial charge is 0.317 e. The van der Waals surface area contributed by atoms with Crippen molar-refractivity contribution in [3.05, 3.63) is 0 Å². The standard InChI is InChI=1S/C6H10BrIO2/c1-2-3-5(8)10-6(9)4-7/h5H,2-4H2,1H3. The summed E-state index contributed by atoms with van der Waals surface area (Å²) in [5.41, 5.74) is 0. The van der Waals surface area contributed by atoms with Gasteiger partial charge < -0.3 is 4.74 Å². The van der Waals surface area contributed by atoms with Gasteiger partial charge in [0.15, 0.2) is 4.11 Å². The highest BCUT2D eigenvalue weighted by atomic mass is 127. The van der Waals surface area contributed by atoms with E-state index in [2.05, 4.69) is 45.4 Å². The van der Waals surface area contributed by atoms with Crippen LogP contribution in [0, 0.1) is 0 Å². The van der Waals surface area contributed by atoms with Gasteiger partial charge in [-0.25, -0.2) is 0 Å². The van der Waals surface area contributed by atoms with E-state index in [0.717, 1.165) is 12.8 Å². The Hall–Kier alpha value is 0.680. The third kappa shape index (κ3) is 5.46. The fourth-order valence-corrected chi connectivity index (χ4v) is 1.50. The summed E-state index contributed by atoms with van der Waals surface area (Å²) in [6.07, 6.45) is 1.97. The van der Waals surface area contributed by atoms with Crippen molar-refractivity contribution >= 4 is 44.5 Å². The average molecular weight is 321 g/mol. The van der Waals surface area contributed by atoms with Crippen molar-refractivity contribution in [2.75, 3.05) is 5.33 Å². The Labute approximate surface area is 83.0 Å². The fourth-order valence-electron chi connectivity index (χ4n) is 0.460. The molecule has 10 heavy (non-hydrogen) atoms. The molecule has 0 aromatic rings. The van der Waals surface area contributed by atoms with Crippen LogP contribution in [0.5, 0.6) is 0 Å². The van der Waals surface area contributed by atoms with E-state index in [1.165, 1.54) is 0 Å². The van der Waals surface area contributed by atoms with Gasteiger partial charge in [-0.1, -0.05) is 29.3 Å². The molecule has 0 radical (unpaired) electrons. The van der Waals surface area contributed by atoms with Gasteiger partial charge >= 0.3 is 5.97 Å². The Bertz CT molecular complexity index is 108. The van der Waals surface area contributed by atoms with E-state index in [9.17, 15) is 4.79 Å². The van der Waals surface area contributed by atoms with E-state index < -0.39 is 0 Å². The second-order valence-electron chi connectivity index (χ2n) is 1.82. The lowest BCUT2D eigenvalue weighted by Gasteiger charge is -2.08. The third-order valence-corrected chi connectivity index (χ3v) is 2.22. The van der Waals surface area contributed by atoms with Gasteiger partial charge in [-0.15, -0.1) is 0 Å². The highest BCUT2D eigenvalue weighted by Crippen LogP contribution is 2.10. The Morgan fingerprint density at radius 1 is 1.80 bits per heavy atom.